The first kappa shape index (κ1) is 9.50. The van der Waals surface area contributed by atoms with Gasteiger partial charge in [0.2, 0.25) is 0 Å². The Morgan fingerprint density at radius 1 is 1.14 bits per heavy atom. The van der Waals surface area contributed by atoms with Gasteiger partial charge in [0.25, 0.3) is 0 Å². The summed E-state index contributed by atoms with van der Waals surface area (Å²) in [5.41, 5.74) is 1.21. The third-order valence-electron chi connectivity index (χ3n) is 3.07. The Hall–Kier alpha value is -1.05. The summed E-state index contributed by atoms with van der Waals surface area (Å²) in [6, 6.07) is 4.75. The van der Waals surface area contributed by atoms with Crippen LogP contribution < -0.4 is 5.32 Å². The molecule has 0 aliphatic heterocycles. The van der Waals surface area contributed by atoms with Crippen molar-refractivity contribution < 1.29 is 0 Å². The fourth-order valence-electron chi connectivity index (χ4n) is 2.09. The van der Waals surface area contributed by atoms with Crippen molar-refractivity contribution in [3.05, 3.63) is 24.5 Å². The second kappa shape index (κ2) is 4.45. The molecule has 0 unspecified atom stereocenters. The predicted molar refractivity (Wildman–Crippen MR) is 59.3 cm³/mol. The van der Waals surface area contributed by atoms with Gasteiger partial charge in [-0.1, -0.05) is 6.92 Å². The summed E-state index contributed by atoms with van der Waals surface area (Å²) in [5.74, 6) is 0.922. The molecule has 76 valence electrons. The Balaban J connectivity index is 1.87. The zero-order chi connectivity index (χ0) is 9.80. The third kappa shape index (κ3) is 2.47. The smallest absolute Gasteiger partial charge is 0.0373 e. The summed E-state index contributed by atoms with van der Waals surface area (Å²) in [4.78, 5) is 4.01. The number of nitrogens with zero attached hydrogens (tertiary/aromatic N) is 1. The van der Waals surface area contributed by atoms with E-state index in [4.69, 9.17) is 0 Å². The van der Waals surface area contributed by atoms with E-state index in [2.05, 4.69) is 17.2 Å². The molecule has 0 atom stereocenters. The lowest BCUT2D eigenvalue weighted by molar-refractivity contribution is 0.361. The van der Waals surface area contributed by atoms with Crippen molar-refractivity contribution >= 4 is 5.69 Å². The van der Waals surface area contributed by atoms with E-state index >= 15 is 0 Å². The maximum absolute atomic E-state index is 4.01. The Labute approximate surface area is 85.7 Å². The van der Waals surface area contributed by atoms with Crippen LogP contribution in [-0.2, 0) is 0 Å². The standard InChI is InChI=1S/C12H18N2/c1-10-2-4-11(5-3-10)14-12-6-8-13-9-7-12/h6-11H,2-5H2,1H3,(H,13,14). The number of rotatable bonds is 2. The number of anilines is 1. The first-order valence-electron chi connectivity index (χ1n) is 5.51. The van der Waals surface area contributed by atoms with Crippen LogP contribution >= 0.6 is 0 Å². The van der Waals surface area contributed by atoms with Crippen LogP contribution in [0.1, 0.15) is 32.6 Å². The molecule has 1 aromatic heterocycles. The molecule has 0 spiro atoms. The highest BCUT2D eigenvalue weighted by Crippen LogP contribution is 2.25. The van der Waals surface area contributed by atoms with Crippen LogP contribution in [0.4, 0.5) is 5.69 Å². The molecule has 1 saturated carbocycles. The minimum absolute atomic E-state index is 0.675. The fraction of sp³-hybridized carbons (Fsp3) is 0.583. The number of aromatic nitrogens is 1. The Bertz CT molecular complexity index is 263. The molecule has 0 amide bonds. The van der Waals surface area contributed by atoms with Crippen molar-refractivity contribution in [1.82, 2.24) is 4.98 Å². The topological polar surface area (TPSA) is 24.9 Å². The molecule has 1 aromatic rings. The lowest BCUT2D eigenvalue weighted by Gasteiger charge is -2.27. The van der Waals surface area contributed by atoms with Gasteiger partial charge in [-0.3, -0.25) is 4.98 Å². The molecule has 2 heteroatoms. The molecule has 0 aromatic carbocycles. The molecule has 0 radical (unpaired) electrons. The van der Waals surface area contributed by atoms with Crippen molar-refractivity contribution in [3.63, 3.8) is 0 Å². The van der Waals surface area contributed by atoms with Crippen LogP contribution in [-0.4, -0.2) is 11.0 Å². The lowest BCUT2D eigenvalue weighted by atomic mass is 9.87. The van der Waals surface area contributed by atoms with Crippen LogP contribution in [0.2, 0.25) is 0 Å². The van der Waals surface area contributed by atoms with E-state index in [9.17, 15) is 0 Å². The van der Waals surface area contributed by atoms with Gasteiger partial charge in [0.05, 0.1) is 0 Å². The predicted octanol–water partition coefficient (Wildman–Crippen LogP) is 3.07. The van der Waals surface area contributed by atoms with Crippen molar-refractivity contribution in [2.24, 2.45) is 5.92 Å². The molecular formula is C12H18N2. The van der Waals surface area contributed by atoms with Crippen LogP contribution in [0.5, 0.6) is 0 Å². The minimum atomic E-state index is 0.675. The van der Waals surface area contributed by atoms with E-state index in [1.165, 1.54) is 31.4 Å². The monoisotopic (exact) mass is 190 g/mol. The molecule has 14 heavy (non-hydrogen) atoms. The van der Waals surface area contributed by atoms with Crippen LogP contribution in [0.15, 0.2) is 24.5 Å². The fourth-order valence-corrected chi connectivity index (χ4v) is 2.09. The Kier molecular flexibility index (Phi) is 3.02. The first-order chi connectivity index (χ1) is 6.84. The zero-order valence-electron chi connectivity index (χ0n) is 8.74. The van der Waals surface area contributed by atoms with Gasteiger partial charge in [-0.05, 0) is 43.7 Å². The summed E-state index contributed by atoms with van der Waals surface area (Å²) in [7, 11) is 0. The van der Waals surface area contributed by atoms with E-state index < -0.39 is 0 Å². The molecule has 2 rings (SSSR count). The summed E-state index contributed by atoms with van der Waals surface area (Å²) < 4.78 is 0. The van der Waals surface area contributed by atoms with Gasteiger partial charge in [-0.25, -0.2) is 0 Å². The highest BCUT2D eigenvalue weighted by atomic mass is 14.9. The highest BCUT2D eigenvalue weighted by molar-refractivity contribution is 5.41. The van der Waals surface area contributed by atoms with Gasteiger partial charge in [0.15, 0.2) is 0 Å². The van der Waals surface area contributed by atoms with Gasteiger partial charge < -0.3 is 5.32 Å². The van der Waals surface area contributed by atoms with Crippen molar-refractivity contribution in [3.8, 4) is 0 Å². The van der Waals surface area contributed by atoms with Gasteiger partial charge >= 0.3 is 0 Å². The van der Waals surface area contributed by atoms with Gasteiger partial charge in [0, 0.05) is 24.1 Å². The lowest BCUT2D eigenvalue weighted by Crippen LogP contribution is -2.25. The molecule has 1 fully saturated rings. The highest BCUT2D eigenvalue weighted by Gasteiger charge is 2.17. The van der Waals surface area contributed by atoms with Crippen molar-refractivity contribution in [2.45, 2.75) is 38.6 Å². The quantitative estimate of drug-likeness (QED) is 0.775. The molecule has 1 aliphatic carbocycles. The molecular weight excluding hydrogens is 172 g/mol. The number of hydrogen-bond donors (Lipinski definition) is 1. The Morgan fingerprint density at radius 2 is 1.79 bits per heavy atom. The average Bonchev–Trinajstić information content (AvgIpc) is 2.23. The van der Waals surface area contributed by atoms with Gasteiger partial charge in [0.1, 0.15) is 0 Å². The van der Waals surface area contributed by atoms with E-state index in [-0.39, 0.29) is 0 Å². The summed E-state index contributed by atoms with van der Waals surface area (Å²) in [6.07, 6.45) is 9.03. The average molecular weight is 190 g/mol. The maximum Gasteiger partial charge on any atom is 0.0373 e. The van der Waals surface area contributed by atoms with Gasteiger partial charge in [-0.15, -0.1) is 0 Å². The van der Waals surface area contributed by atoms with Crippen molar-refractivity contribution in [1.29, 1.82) is 0 Å². The number of nitrogens with one attached hydrogen (secondary N) is 1. The third-order valence-corrected chi connectivity index (χ3v) is 3.07. The molecule has 0 saturated heterocycles. The summed E-state index contributed by atoms with van der Waals surface area (Å²) in [6.45, 7) is 2.35. The molecule has 1 heterocycles. The van der Waals surface area contributed by atoms with Gasteiger partial charge in [-0.2, -0.15) is 0 Å². The van der Waals surface area contributed by atoms with Crippen LogP contribution in [0.25, 0.3) is 0 Å². The second-order valence-electron chi connectivity index (χ2n) is 4.34. The minimum Gasteiger partial charge on any atom is -0.382 e. The molecule has 2 nitrogen and oxygen atoms in total. The first-order valence-corrected chi connectivity index (χ1v) is 5.51. The largest absolute Gasteiger partial charge is 0.382 e. The van der Waals surface area contributed by atoms with E-state index in [1.807, 2.05) is 24.5 Å². The molecule has 1 N–H and O–H groups in total. The summed E-state index contributed by atoms with van der Waals surface area (Å²) >= 11 is 0. The summed E-state index contributed by atoms with van der Waals surface area (Å²) in [5, 5.41) is 3.56. The normalized spacial score (nSPS) is 27.2. The Morgan fingerprint density at radius 3 is 2.43 bits per heavy atom. The maximum atomic E-state index is 4.01. The van der Waals surface area contributed by atoms with Crippen molar-refractivity contribution in [2.75, 3.05) is 5.32 Å². The van der Waals surface area contributed by atoms with E-state index in [0.29, 0.717) is 6.04 Å². The van der Waals surface area contributed by atoms with E-state index in [1.54, 1.807) is 0 Å². The zero-order valence-corrected chi connectivity index (χ0v) is 8.74. The second-order valence-corrected chi connectivity index (χ2v) is 4.34. The molecule has 1 aliphatic rings. The number of pyridine rings is 1. The molecule has 0 bridgehead atoms. The SMILES string of the molecule is CC1CCC(Nc2ccncc2)CC1. The van der Waals surface area contributed by atoms with Crippen LogP contribution in [0.3, 0.4) is 0 Å². The number of hydrogen-bond acceptors (Lipinski definition) is 2. The van der Waals surface area contributed by atoms with Crippen LogP contribution in [0, 0.1) is 5.92 Å². The van der Waals surface area contributed by atoms with E-state index in [0.717, 1.165) is 5.92 Å².